The minimum absolute atomic E-state index is 0.00519. The van der Waals surface area contributed by atoms with Gasteiger partial charge in [0.25, 0.3) is 0 Å². The van der Waals surface area contributed by atoms with E-state index in [1.54, 1.807) is 0 Å². The van der Waals surface area contributed by atoms with Crippen molar-refractivity contribution in [3.05, 3.63) is 90.0 Å². The highest BCUT2D eigenvalue weighted by Gasteiger charge is 2.35. The van der Waals surface area contributed by atoms with Crippen LogP contribution in [0.4, 0.5) is 0 Å². The van der Waals surface area contributed by atoms with Crippen molar-refractivity contribution in [1.82, 2.24) is 9.97 Å². The third-order valence-corrected chi connectivity index (χ3v) is 5.92. The normalized spacial score (nSPS) is 13.6. The Hall–Kier alpha value is -3.28. The predicted molar refractivity (Wildman–Crippen MR) is 120 cm³/mol. The summed E-state index contributed by atoms with van der Waals surface area (Å²) in [5, 5.41) is 19.5. The molecule has 0 amide bonds. The van der Waals surface area contributed by atoms with Gasteiger partial charge in [0, 0.05) is 16.5 Å². The second-order valence-corrected chi connectivity index (χ2v) is 8.17. The van der Waals surface area contributed by atoms with Crippen LogP contribution >= 0.6 is 0 Å². The SMILES string of the molecule is CC1(C)c2ccccc2-c2ccc(-c3cc(-c4ccccc4)nc(B(O)O)n3)cc21. The van der Waals surface area contributed by atoms with E-state index in [-0.39, 0.29) is 11.1 Å². The molecule has 4 aromatic rings. The molecular formula is C25H21BN2O2. The van der Waals surface area contributed by atoms with Gasteiger partial charge in [-0.3, -0.25) is 0 Å². The minimum atomic E-state index is -1.73. The van der Waals surface area contributed by atoms with E-state index < -0.39 is 7.12 Å². The van der Waals surface area contributed by atoms with Crippen molar-refractivity contribution in [2.24, 2.45) is 0 Å². The van der Waals surface area contributed by atoms with E-state index in [2.05, 4.69) is 60.2 Å². The topological polar surface area (TPSA) is 66.2 Å². The molecule has 0 fully saturated rings. The van der Waals surface area contributed by atoms with Crippen molar-refractivity contribution >= 4 is 12.8 Å². The van der Waals surface area contributed by atoms with Gasteiger partial charge in [0.1, 0.15) is 0 Å². The molecule has 1 aromatic heterocycles. The van der Waals surface area contributed by atoms with E-state index in [1.165, 1.54) is 22.3 Å². The lowest BCUT2D eigenvalue weighted by Crippen LogP contribution is -2.36. The largest absolute Gasteiger partial charge is 0.528 e. The van der Waals surface area contributed by atoms with Crippen molar-refractivity contribution in [1.29, 1.82) is 0 Å². The smallest absolute Gasteiger partial charge is 0.421 e. The van der Waals surface area contributed by atoms with Gasteiger partial charge in [-0.05, 0) is 34.4 Å². The van der Waals surface area contributed by atoms with Gasteiger partial charge in [0.15, 0.2) is 5.72 Å². The molecule has 5 rings (SSSR count). The molecule has 2 N–H and O–H groups in total. The van der Waals surface area contributed by atoms with E-state index in [4.69, 9.17) is 0 Å². The fourth-order valence-corrected chi connectivity index (χ4v) is 4.35. The highest BCUT2D eigenvalue weighted by molar-refractivity contribution is 6.56. The maximum absolute atomic E-state index is 9.75. The van der Waals surface area contributed by atoms with Gasteiger partial charge in [-0.25, -0.2) is 9.97 Å². The Morgan fingerprint density at radius 2 is 1.30 bits per heavy atom. The number of nitrogens with zero attached hydrogens (tertiary/aromatic N) is 2. The lowest BCUT2D eigenvalue weighted by atomic mass is 9.82. The molecule has 0 saturated carbocycles. The summed E-state index contributed by atoms with van der Waals surface area (Å²) in [4.78, 5) is 8.79. The number of rotatable bonds is 3. The van der Waals surface area contributed by atoms with E-state index in [1.807, 2.05) is 42.5 Å². The minimum Gasteiger partial charge on any atom is -0.421 e. The summed E-state index contributed by atoms with van der Waals surface area (Å²) in [6.07, 6.45) is 0. The van der Waals surface area contributed by atoms with Crippen LogP contribution in [0.3, 0.4) is 0 Å². The number of hydrogen-bond donors (Lipinski definition) is 2. The summed E-state index contributed by atoms with van der Waals surface area (Å²) in [5.41, 5.74) is 8.10. The van der Waals surface area contributed by atoms with Crippen LogP contribution in [0.5, 0.6) is 0 Å². The molecule has 0 bridgehead atoms. The molecule has 4 nitrogen and oxygen atoms in total. The van der Waals surface area contributed by atoms with Gasteiger partial charge in [0.05, 0.1) is 11.4 Å². The predicted octanol–water partition coefficient (Wildman–Crippen LogP) is 3.80. The first-order chi connectivity index (χ1) is 14.4. The lowest BCUT2D eigenvalue weighted by molar-refractivity contribution is 0.422. The standard InChI is InChI=1S/C25H21BN2O2/c1-25(2)20-11-7-6-10-18(20)19-13-12-17(14-21(19)25)23-15-22(16-8-4-3-5-9-16)27-24(28-23)26(29)30/h3-15,29-30H,1-2H3. The maximum atomic E-state index is 9.75. The van der Waals surface area contributed by atoms with E-state index in [9.17, 15) is 10.0 Å². The first kappa shape index (κ1) is 18.7. The van der Waals surface area contributed by atoms with Crippen LogP contribution in [0.25, 0.3) is 33.6 Å². The van der Waals surface area contributed by atoms with Crippen molar-refractivity contribution in [3.63, 3.8) is 0 Å². The molecule has 30 heavy (non-hydrogen) atoms. The summed E-state index contributed by atoms with van der Waals surface area (Å²) in [6.45, 7) is 4.47. The van der Waals surface area contributed by atoms with E-state index in [0.717, 1.165) is 11.1 Å². The molecule has 0 unspecified atom stereocenters. The van der Waals surface area contributed by atoms with Crippen molar-refractivity contribution in [2.45, 2.75) is 19.3 Å². The Kier molecular flexibility index (Phi) is 4.31. The zero-order valence-electron chi connectivity index (χ0n) is 16.9. The van der Waals surface area contributed by atoms with Crippen LogP contribution in [0, 0.1) is 0 Å². The molecule has 0 radical (unpaired) electrons. The Morgan fingerprint density at radius 3 is 2.03 bits per heavy atom. The average molecular weight is 392 g/mol. The third kappa shape index (κ3) is 2.95. The zero-order valence-corrected chi connectivity index (χ0v) is 16.9. The van der Waals surface area contributed by atoms with Crippen LogP contribution in [0.2, 0.25) is 0 Å². The molecule has 5 heteroatoms. The average Bonchev–Trinajstić information content (AvgIpc) is 3.01. The highest BCUT2D eigenvalue weighted by atomic mass is 16.4. The van der Waals surface area contributed by atoms with Crippen molar-refractivity contribution < 1.29 is 10.0 Å². The molecule has 0 atom stereocenters. The molecular weight excluding hydrogens is 371 g/mol. The van der Waals surface area contributed by atoms with Crippen LogP contribution < -0.4 is 5.72 Å². The summed E-state index contributed by atoms with van der Waals surface area (Å²) in [6, 6.07) is 26.5. The molecule has 3 aromatic carbocycles. The second kappa shape index (κ2) is 6.90. The van der Waals surface area contributed by atoms with E-state index in [0.29, 0.717) is 11.4 Å². The summed E-state index contributed by atoms with van der Waals surface area (Å²) in [5.74, 6) is 0. The van der Waals surface area contributed by atoms with Gasteiger partial charge in [-0.2, -0.15) is 0 Å². The number of fused-ring (bicyclic) bond motifs is 3. The van der Waals surface area contributed by atoms with Crippen molar-refractivity contribution in [3.8, 4) is 33.6 Å². The number of hydrogen-bond acceptors (Lipinski definition) is 4. The Balaban J connectivity index is 1.67. The monoisotopic (exact) mass is 392 g/mol. The van der Waals surface area contributed by atoms with Gasteiger partial charge in [0.2, 0.25) is 0 Å². The van der Waals surface area contributed by atoms with Crippen LogP contribution in [0.15, 0.2) is 78.9 Å². The fourth-order valence-electron chi connectivity index (χ4n) is 4.35. The Labute approximate surface area is 176 Å². The molecule has 0 aliphatic heterocycles. The summed E-state index contributed by atoms with van der Waals surface area (Å²) < 4.78 is 0. The molecule has 1 aliphatic carbocycles. The Morgan fingerprint density at radius 1 is 0.667 bits per heavy atom. The van der Waals surface area contributed by atoms with Gasteiger partial charge in [-0.15, -0.1) is 0 Å². The summed E-state index contributed by atoms with van der Waals surface area (Å²) >= 11 is 0. The van der Waals surface area contributed by atoms with Crippen LogP contribution in [-0.4, -0.2) is 27.1 Å². The van der Waals surface area contributed by atoms with Gasteiger partial charge < -0.3 is 10.0 Å². The van der Waals surface area contributed by atoms with Crippen LogP contribution in [0.1, 0.15) is 25.0 Å². The maximum Gasteiger partial charge on any atom is 0.528 e. The zero-order chi connectivity index (χ0) is 20.9. The second-order valence-electron chi connectivity index (χ2n) is 8.17. The van der Waals surface area contributed by atoms with E-state index >= 15 is 0 Å². The first-order valence-electron chi connectivity index (χ1n) is 10.0. The highest BCUT2D eigenvalue weighted by Crippen LogP contribution is 2.49. The molecule has 146 valence electrons. The van der Waals surface area contributed by atoms with Crippen LogP contribution in [-0.2, 0) is 5.41 Å². The van der Waals surface area contributed by atoms with Gasteiger partial charge >= 0.3 is 7.12 Å². The summed E-state index contributed by atoms with van der Waals surface area (Å²) in [7, 11) is -1.73. The molecule has 1 aliphatic rings. The molecule has 0 spiro atoms. The number of benzene rings is 3. The Bertz CT molecular complexity index is 1250. The quantitative estimate of drug-likeness (QED) is 0.521. The lowest BCUT2D eigenvalue weighted by Gasteiger charge is -2.22. The fraction of sp³-hybridized carbons (Fsp3) is 0.120. The number of aromatic nitrogens is 2. The van der Waals surface area contributed by atoms with Crippen molar-refractivity contribution in [2.75, 3.05) is 0 Å². The first-order valence-corrected chi connectivity index (χ1v) is 10.0. The molecule has 1 heterocycles. The molecule has 0 saturated heterocycles. The third-order valence-electron chi connectivity index (χ3n) is 5.92. The van der Waals surface area contributed by atoms with Gasteiger partial charge in [-0.1, -0.05) is 80.6 Å².